The number of nitrogens with zero attached hydrogens (tertiary/aromatic N) is 4. The van der Waals surface area contributed by atoms with Crippen molar-refractivity contribution in [2.45, 2.75) is 25.3 Å². The van der Waals surface area contributed by atoms with Crippen LogP contribution in [-0.2, 0) is 9.59 Å². The second kappa shape index (κ2) is 8.47. The molecule has 1 atom stereocenters. The molecule has 158 valence electrons. The number of carbonyl (C=O) groups excluding carboxylic acids is 1. The Morgan fingerprint density at radius 1 is 1.13 bits per heavy atom. The van der Waals surface area contributed by atoms with Gasteiger partial charge in [0, 0.05) is 30.8 Å². The van der Waals surface area contributed by atoms with Crippen LogP contribution < -0.4 is 4.74 Å². The minimum absolute atomic E-state index is 0.198. The lowest BCUT2D eigenvalue weighted by molar-refractivity contribution is -0.141. The van der Waals surface area contributed by atoms with Crippen molar-refractivity contribution in [3.05, 3.63) is 65.7 Å². The Hall–Kier alpha value is -3.88. The Morgan fingerprint density at radius 3 is 2.65 bits per heavy atom. The number of aromatic nitrogens is 2. The summed E-state index contributed by atoms with van der Waals surface area (Å²) < 4.78 is 19.3. The molecule has 1 amide bonds. The third-order valence-electron chi connectivity index (χ3n) is 5.07. The largest absolute Gasteiger partial charge is 0.496 e. The number of benzene rings is 2. The first-order valence-electron chi connectivity index (χ1n) is 9.62. The zero-order valence-corrected chi connectivity index (χ0v) is 16.7. The van der Waals surface area contributed by atoms with Gasteiger partial charge in [-0.1, -0.05) is 6.07 Å². The minimum atomic E-state index is -1.07. The second-order valence-electron chi connectivity index (χ2n) is 7.05. The van der Waals surface area contributed by atoms with Crippen LogP contribution in [0.2, 0.25) is 0 Å². The molecular weight excluding hydrogens is 403 g/mol. The fraction of sp³-hybridized carbons (Fsp3) is 0.227. The Labute approximate surface area is 177 Å². The fourth-order valence-corrected chi connectivity index (χ4v) is 3.58. The first kappa shape index (κ1) is 20.4. The first-order chi connectivity index (χ1) is 15.0. The molecule has 31 heavy (non-hydrogen) atoms. The van der Waals surface area contributed by atoms with Gasteiger partial charge < -0.3 is 9.84 Å². The van der Waals surface area contributed by atoms with E-state index in [-0.39, 0.29) is 12.8 Å². The van der Waals surface area contributed by atoms with Crippen molar-refractivity contribution >= 4 is 28.6 Å². The van der Waals surface area contributed by atoms with E-state index in [0.717, 1.165) is 5.56 Å². The molecule has 1 aromatic heterocycles. The van der Waals surface area contributed by atoms with Crippen LogP contribution in [0.1, 0.15) is 36.4 Å². The molecule has 4 rings (SSSR count). The summed E-state index contributed by atoms with van der Waals surface area (Å²) in [6.45, 7) is 0. The van der Waals surface area contributed by atoms with Gasteiger partial charge in [-0.25, -0.2) is 9.40 Å². The Kier molecular flexibility index (Phi) is 5.57. The molecule has 1 N–H and O–H groups in total. The van der Waals surface area contributed by atoms with Crippen molar-refractivity contribution < 1.29 is 23.8 Å². The van der Waals surface area contributed by atoms with E-state index < -0.39 is 23.7 Å². The predicted octanol–water partition coefficient (Wildman–Crippen LogP) is 3.32. The third kappa shape index (κ3) is 4.20. The smallest absolute Gasteiger partial charge is 0.303 e. The van der Waals surface area contributed by atoms with Crippen LogP contribution >= 0.6 is 0 Å². The Balaban J connectivity index is 1.74. The van der Waals surface area contributed by atoms with Gasteiger partial charge in [0.25, 0.3) is 0 Å². The number of carbonyl (C=O) groups is 2. The van der Waals surface area contributed by atoms with Crippen molar-refractivity contribution in [1.82, 2.24) is 15.0 Å². The molecule has 3 aromatic rings. The monoisotopic (exact) mass is 422 g/mol. The van der Waals surface area contributed by atoms with E-state index in [1.807, 2.05) is 12.1 Å². The van der Waals surface area contributed by atoms with E-state index in [2.05, 4.69) is 15.1 Å². The van der Waals surface area contributed by atoms with E-state index in [1.165, 1.54) is 30.3 Å². The maximum atomic E-state index is 13.9. The summed E-state index contributed by atoms with van der Waals surface area (Å²) in [7, 11) is 1.47. The highest BCUT2D eigenvalue weighted by Gasteiger charge is 2.34. The predicted molar refractivity (Wildman–Crippen MR) is 110 cm³/mol. The quantitative estimate of drug-likeness (QED) is 0.653. The maximum absolute atomic E-state index is 13.9. The van der Waals surface area contributed by atoms with Crippen molar-refractivity contribution in [1.29, 1.82) is 0 Å². The van der Waals surface area contributed by atoms with Crippen LogP contribution in [0.15, 0.2) is 53.9 Å². The molecule has 0 saturated heterocycles. The standard InChI is InChI=1S/C22H19FN4O4/c1-31-20-5-3-14(23)11-15(20)17-12-19(27(26-17)21(28)6-7-22(29)30)13-2-4-16-18(10-13)25-9-8-24-16/h2-5,8-11,19H,6-7,12H2,1H3,(H,29,30)/t19-/m0/s1. The number of ether oxygens (including phenoxy) is 1. The number of hydrogen-bond acceptors (Lipinski definition) is 6. The summed E-state index contributed by atoms with van der Waals surface area (Å²) in [5.74, 6) is -1.52. The molecule has 2 heterocycles. The topological polar surface area (TPSA) is 105 Å². The molecule has 0 fully saturated rings. The zero-order chi connectivity index (χ0) is 22.0. The number of carboxylic acids is 1. The molecular formula is C22H19FN4O4. The second-order valence-corrected chi connectivity index (χ2v) is 7.05. The summed E-state index contributed by atoms with van der Waals surface area (Å²) in [5, 5.41) is 14.7. The van der Waals surface area contributed by atoms with E-state index in [1.54, 1.807) is 18.5 Å². The van der Waals surface area contributed by atoms with Gasteiger partial charge in [0.05, 0.1) is 36.3 Å². The van der Waals surface area contributed by atoms with Crippen LogP contribution in [0, 0.1) is 5.82 Å². The van der Waals surface area contributed by atoms with Gasteiger partial charge in [-0.05, 0) is 35.9 Å². The average molecular weight is 422 g/mol. The summed E-state index contributed by atoms with van der Waals surface area (Å²) >= 11 is 0. The van der Waals surface area contributed by atoms with E-state index in [0.29, 0.717) is 34.5 Å². The molecule has 1 aliphatic rings. The van der Waals surface area contributed by atoms with Gasteiger partial charge in [-0.15, -0.1) is 0 Å². The van der Waals surface area contributed by atoms with Gasteiger partial charge in [-0.3, -0.25) is 19.6 Å². The number of amides is 1. The van der Waals surface area contributed by atoms with Gasteiger partial charge >= 0.3 is 5.97 Å². The lowest BCUT2D eigenvalue weighted by Gasteiger charge is -2.22. The van der Waals surface area contributed by atoms with E-state index >= 15 is 0 Å². The number of hydrogen-bond donors (Lipinski definition) is 1. The van der Waals surface area contributed by atoms with Crippen molar-refractivity contribution in [2.75, 3.05) is 7.11 Å². The molecule has 1 aliphatic heterocycles. The van der Waals surface area contributed by atoms with Crippen LogP contribution in [0.3, 0.4) is 0 Å². The van der Waals surface area contributed by atoms with Crippen LogP contribution in [-0.4, -0.2) is 44.8 Å². The highest BCUT2D eigenvalue weighted by Crippen LogP contribution is 2.36. The van der Waals surface area contributed by atoms with Gasteiger partial charge in [0.15, 0.2) is 0 Å². The number of carboxylic acid groups (broad SMARTS) is 1. The number of methoxy groups -OCH3 is 1. The van der Waals surface area contributed by atoms with E-state index in [9.17, 15) is 14.0 Å². The molecule has 2 aromatic carbocycles. The number of rotatable bonds is 6. The fourth-order valence-electron chi connectivity index (χ4n) is 3.58. The Morgan fingerprint density at radius 2 is 1.90 bits per heavy atom. The van der Waals surface area contributed by atoms with Crippen LogP contribution in [0.4, 0.5) is 4.39 Å². The molecule has 0 radical (unpaired) electrons. The molecule has 8 nitrogen and oxygen atoms in total. The molecule has 9 heteroatoms. The Bertz CT molecular complexity index is 1200. The SMILES string of the molecule is COc1ccc(F)cc1C1=NN(C(=O)CCC(=O)O)[C@H](c2ccc3nccnc3c2)C1. The third-order valence-corrected chi connectivity index (χ3v) is 5.07. The van der Waals surface area contributed by atoms with Gasteiger partial charge in [-0.2, -0.15) is 5.10 Å². The number of halogens is 1. The van der Waals surface area contributed by atoms with Crippen molar-refractivity contribution in [3.8, 4) is 5.75 Å². The van der Waals surface area contributed by atoms with Crippen LogP contribution in [0.25, 0.3) is 11.0 Å². The van der Waals surface area contributed by atoms with Gasteiger partial charge in [0.1, 0.15) is 11.6 Å². The lowest BCUT2D eigenvalue weighted by Crippen LogP contribution is -2.27. The zero-order valence-electron chi connectivity index (χ0n) is 16.7. The number of aliphatic carboxylic acids is 1. The minimum Gasteiger partial charge on any atom is -0.496 e. The first-order valence-corrected chi connectivity index (χ1v) is 9.62. The summed E-state index contributed by atoms with van der Waals surface area (Å²) in [6.07, 6.45) is 2.98. The molecule has 0 saturated carbocycles. The van der Waals surface area contributed by atoms with Crippen LogP contribution in [0.5, 0.6) is 5.75 Å². The summed E-state index contributed by atoms with van der Waals surface area (Å²) in [6, 6.07) is 9.07. The highest BCUT2D eigenvalue weighted by molar-refractivity contribution is 6.05. The maximum Gasteiger partial charge on any atom is 0.303 e. The molecule has 0 aliphatic carbocycles. The highest BCUT2D eigenvalue weighted by atomic mass is 19.1. The lowest BCUT2D eigenvalue weighted by atomic mass is 9.97. The molecule has 0 spiro atoms. The molecule has 0 bridgehead atoms. The average Bonchev–Trinajstić information content (AvgIpc) is 3.22. The normalized spacial score (nSPS) is 15.7. The van der Waals surface area contributed by atoms with Gasteiger partial charge in [0.2, 0.25) is 5.91 Å². The van der Waals surface area contributed by atoms with E-state index in [4.69, 9.17) is 9.84 Å². The summed E-state index contributed by atoms with van der Waals surface area (Å²) in [4.78, 5) is 32.3. The van der Waals surface area contributed by atoms with Crippen molar-refractivity contribution in [2.24, 2.45) is 5.10 Å². The number of fused-ring (bicyclic) bond motifs is 1. The number of hydrazone groups is 1. The molecule has 0 unspecified atom stereocenters. The summed E-state index contributed by atoms with van der Waals surface area (Å²) in [5.41, 5.74) is 3.06. The van der Waals surface area contributed by atoms with Crippen molar-refractivity contribution in [3.63, 3.8) is 0 Å².